The SMILES string of the molecule is CC(C)C(NC(=O)N1CCC2(C=Cc3ccccc3O2)CC1)C1CC1. The molecule has 1 unspecified atom stereocenters. The normalized spacial score (nSPS) is 22.4. The molecule has 1 spiro atoms. The quantitative estimate of drug-likeness (QED) is 0.901. The van der Waals surface area contributed by atoms with Gasteiger partial charge in [0, 0.05) is 37.5 Å². The van der Waals surface area contributed by atoms with Gasteiger partial charge in [0.25, 0.3) is 0 Å². The largest absolute Gasteiger partial charge is 0.482 e. The Kier molecular flexibility index (Phi) is 4.22. The Hall–Kier alpha value is -1.97. The van der Waals surface area contributed by atoms with Gasteiger partial charge in [0.1, 0.15) is 11.4 Å². The summed E-state index contributed by atoms with van der Waals surface area (Å²) in [6.07, 6.45) is 8.55. The van der Waals surface area contributed by atoms with Crippen molar-refractivity contribution in [1.82, 2.24) is 10.2 Å². The average Bonchev–Trinajstić information content (AvgIpc) is 3.44. The van der Waals surface area contributed by atoms with E-state index in [-0.39, 0.29) is 11.6 Å². The Morgan fingerprint density at radius 3 is 2.64 bits per heavy atom. The molecule has 134 valence electrons. The maximum absolute atomic E-state index is 12.7. The number of nitrogens with one attached hydrogen (secondary N) is 1. The molecule has 1 N–H and O–H groups in total. The Morgan fingerprint density at radius 1 is 1.24 bits per heavy atom. The van der Waals surface area contributed by atoms with Crippen LogP contribution in [0.15, 0.2) is 30.3 Å². The zero-order chi connectivity index (χ0) is 17.4. The van der Waals surface area contributed by atoms with E-state index in [0.29, 0.717) is 17.9 Å². The summed E-state index contributed by atoms with van der Waals surface area (Å²) in [7, 11) is 0. The predicted molar refractivity (Wildman–Crippen MR) is 99.5 cm³/mol. The molecular formula is C21H28N2O2. The summed E-state index contributed by atoms with van der Waals surface area (Å²) in [5.74, 6) is 2.13. The van der Waals surface area contributed by atoms with Crippen molar-refractivity contribution in [2.75, 3.05) is 13.1 Å². The van der Waals surface area contributed by atoms with Crippen molar-refractivity contribution in [3.05, 3.63) is 35.9 Å². The minimum Gasteiger partial charge on any atom is -0.482 e. The third kappa shape index (κ3) is 3.39. The van der Waals surface area contributed by atoms with Gasteiger partial charge in [0.2, 0.25) is 0 Å². The van der Waals surface area contributed by atoms with E-state index in [1.165, 1.54) is 12.8 Å². The van der Waals surface area contributed by atoms with Crippen LogP contribution in [0, 0.1) is 11.8 Å². The number of hydrogen-bond donors (Lipinski definition) is 1. The number of fused-ring (bicyclic) bond motifs is 1. The molecule has 2 aliphatic heterocycles. The first-order valence-electron chi connectivity index (χ1n) is 9.59. The van der Waals surface area contributed by atoms with Crippen molar-refractivity contribution in [3.63, 3.8) is 0 Å². The van der Waals surface area contributed by atoms with Crippen LogP contribution in [0.1, 0.15) is 45.1 Å². The number of nitrogens with zero attached hydrogens (tertiary/aromatic N) is 1. The van der Waals surface area contributed by atoms with E-state index in [1.807, 2.05) is 23.1 Å². The highest BCUT2D eigenvalue weighted by atomic mass is 16.5. The van der Waals surface area contributed by atoms with E-state index in [9.17, 15) is 4.79 Å². The average molecular weight is 340 g/mol. The minimum atomic E-state index is -0.251. The summed E-state index contributed by atoms with van der Waals surface area (Å²) in [6, 6.07) is 8.57. The number of hydrogen-bond acceptors (Lipinski definition) is 2. The molecule has 1 aromatic carbocycles. The number of carbonyl (C=O) groups is 1. The Balaban J connectivity index is 1.36. The van der Waals surface area contributed by atoms with Crippen LogP contribution < -0.4 is 10.1 Å². The molecule has 4 nitrogen and oxygen atoms in total. The highest BCUT2D eigenvalue weighted by Crippen LogP contribution is 2.38. The molecule has 0 radical (unpaired) electrons. The van der Waals surface area contributed by atoms with Crippen molar-refractivity contribution >= 4 is 12.1 Å². The van der Waals surface area contributed by atoms with Gasteiger partial charge in [-0.15, -0.1) is 0 Å². The van der Waals surface area contributed by atoms with Crippen LogP contribution in [0.2, 0.25) is 0 Å². The molecule has 3 aliphatic rings. The maximum Gasteiger partial charge on any atom is 0.317 e. The fourth-order valence-electron chi connectivity index (χ4n) is 4.08. The molecule has 25 heavy (non-hydrogen) atoms. The highest BCUT2D eigenvalue weighted by molar-refractivity contribution is 5.75. The van der Waals surface area contributed by atoms with Gasteiger partial charge in [-0.1, -0.05) is 38.1 Å². The molecular weight excluding hydrogens is 312 g/mol. The first-order chi connectivity index (χ1) is 12.1. The van der Waals surface area contributed by atoms with Crippen molar-refractivity contribution in [2.24, 2.45) is 11.8 Å². The first-order valence-corrected chi connectivity index (χ1v) is 9.59. The van der Waals surface area contributed by atoms with Crippen LogP contribution in [0.4, 0.5) is 4.79 Å². The lowest BCUT2D eigenvalue weighted by atomic mass is 9.88. The number of urea groups is 1. The van der Waals surface area contributed by atoms with Gasteiger partial charge >= 0.3 is 6.03 Å². The van der Waals surface area contributed by atoms with Crippen LogP contribution >= 0.6 is 0 Å². The molecule has 0 bridgehead atoms. The van der Waals surface area contributed by atoms with E-state index in [2.05, 4.69) is 37.4 Å². The minimum absolute atomic E-state index is 0.0978. The second kappa shape index (κ2) is 6.40. The summed E-state index contributed by atoms with van der Waals surface area (Å²) >= 11 is 0. The van der Waals surface area contributed by atoms with Gasteiger partial charge in [0.05, 0.1) is 0 Å². The van der Waals surface area contributed by atoms with Gasteiger partial charge < -0.3 is 15.0 Å². The predicted octanol–water partition coefficient (Wildman–Crippen LogP) is 4.07. The molecule has 1 aromatic rings. The zero-order valence-electron chi connectivity index (χ0n) is 15.2. The Bertz CT molecular complexity index is 668. The lowest BCUT2D eigenvalue weighted by Crippen LogP contribution is -2.54. The molecule has 4 heteroatoms. The number of rotatable bonds is 3. The maximum atomic E-state index is 12.7. The highest BCUT2D eigenvalue weighted by Gasteiger charge is 2.39. The van der Waals surface area contributed by atoms with Crippen molar-refractivity contribution in [3.8, 4) is 5.75 Å². The van der Waals surface area contributed by atoms with Gasteiger partial charge in [0.15, 0.2) is 0 Å². The van der Waals surface area contributed by atoms with Gasteiger partial charge in [-0.05, 0) is 36.8 Å². The van der Waals surface area contributed by atoms with Crippen molar-refractivity contribution in [1.29, 1.82) is 0 Å². The number of piperidine rings is 1. The van der Waals surface area contributed by atoms with Gasteiger partial charge in [-0.2, -0.15) is 0 Å². The number of para-hydroxylation sites is 1. The zero-order valence-corrected chi connectivity index (χ0v) is 15.2. The summed E-state index contributed by atoms with van der Waals surface area (Å²) in [6.45, 7) is 5.89. The van der Waals surface area contributed by atoms with E-state index >= 15 is 0 Å². The topological polar surface area (TPSA) is 41.6 Å². The number of amides is 2. The molecule has 1 aliphatic carbocycles. The third-order valence-electron chi connectivity index (χ3n) is 5.83. The molecule has 1 saturated carbocycles. The monoisotopic (exact) mass is 340 g/mol. The molecule has 4 rings (SSSR count). The molecule has 0 aromatic heterocycles. The van der Waals surface area contributed by atoms with Gasteiger partial charge in [-0.25, -0.2) is 4.79 Å². The summed E-state index contributed by atoms with van der Waals surface area (Å²) in [4.78, 5) is 14.6. The number of benzene rings is 1. The van der Waals surface area contributed by atoms with Crippen LogP contribution in [-0.4, -0.2) is 35.7 Å². The Morgan fingerprint density at radius 2 is 1.96 bits per heavy atom. The third-order valence-corrected chi connectivity index (χ3v) is 5.83. The first kappa shape index (κ1) is 16.5. The number of carbonyl (C=O) groups excluding carboxylic acids is 1. The van der Waals surface area contributed by atoms with Crippen LogP contribution in [-0.2, 0) is 0 Å². The molecule has 2 heterocycles. The molecule has 1 atom stereocenters. The lowest BCUT2D eigenvalue weighted by Gasteiger charge is -2.42. The van der Waals surface area contributed by atoms with Crippen LogP contribution in [0.3, 0.4) is 0 Å². The van der Waals surface area contributed by atoms with E-state index in [1.54, 1.807) is 0 Å². The molecule has 2 fully saturated rings. The van der Waals surface area contributed by atoms with Crippen molar-refractivity contribution in [2.45, 2.75) is 51.2 Å². The van der Waals surface area contributed by atoms with Crippen LogP contribution in [0.25, 0.3) is 6.08 Å². The van der Waals surface area contributed by atoms with E-state index in [0.717, 1.165) is 37.2 Å². The van der Waals surface area contributed by atoms with E-state index in [4.69, 9.17) is 4.74 Å². The van der Waals surface area contributed by atoms with E-state index < -0.39 is 0 Å². The Labute approximate surface area is 150 Å². The molecule has 1 saturated heterocycles. The van der Waals surface area contributed by atoms with Crippen LogP contribution in [0.5, 0.6) is 5.75 Å². The standard InChI is InChI=1S/C21H28N2O2/c1-15(2)19(17-7-8-17)22-20(24)23-13-11-21(12-14-23)10-9-16-5-3-4-6-18(16)25-21/h3-6,9-10,15,17,19H,7-8,11-14H2,1-2H3,(H,22,24). The summed E-state index contributed by atoms with van der Waals surface area (Å²) < 4.78 is 6.31. The number of likely N-dealkylation sites (tertiary alicyclic amines) is 1. The second-order valence-electron chi connectivity index (χ2n) is 8.08. The summed E-state index contributed by atoms with van der Waals surface area (Å²) in [5.41, 5.74) is 0.886. The van der Waals surface area contributed by atoms with Crippen molar-refractivity contribution < 1.29 is 9.53 Å². The smallest absolute Gasteiger partial charge is 0.317 e. The second-order valence-corrected chi connectivity index (χ2v) is 8.08. The fourth-order valence-corrected chi connectivity index (χ4v) is 4.08. The lowest BCUT2D eigenvalue weighted by molar-refractivity contribution is 0.0488. The summed E-state index contributed by atoms with van der Waals surface area (Å²) in [5, 5.41) is 3.28. The molecule has 2 amide bonds. The fraction of sp³-hybridized carbons (Fsp3) is 0.571. The van der Waals surface area contributed by atoms with Gasteiger partial charge in [-0.3, -0.25) is 0 Å². The number of ether oxygens (including phenoxy) is 1.